The molecule has 0 aliphatic heterocycles. The van der Waals surface area contributed by atoms with E-state index >= 15 is 0 Å². The summed E-state index contributed by atoms with van der Waals surface area (Å²) in [6.07, 6.45) is 5.43. The molecule has 35 heavy (non-hydrogen) atoms. The van der Waals surface area contributed by atoms with Crippen LogP contribution >= 0.6 is 11.8 Å². The number of carbonyl (C=O) groups is 4. The smallest absolute Gasteiger partial charge is 0.305 e. The van der Waals surface area contributed by atoms with Gasteiger partial charge in [0.2, 0.25) is 0 Å². The normalized spacial score (nSPS) is 20.3. The van der Waals surface area contributed by atoms with Crippen molar-refractivity contribution in [3.8, 4) is 0 Å². The first kappa shape index (κ1) is 28.9. The van der Waals surface area contributed by atoms with Crippen molar-refractivity contribution in [2.45, 2.75) is 88.7 Å². The van der Waals surface area contributed by atoms with Gasteiger partial charge in [0.25, 0.3) is 0 Å². The van der Waals surface area contributed by atoms with Crippen LogP contribution in [-0.4, -0.2) is 48.8 Å². The molecule has 0 bridgehead atoms. The highest BCUT2D eigenvalue weighted by Gasteiger charge is 2.43. The molecule has 8 heteroatoms. The van der Waals surface area contributed by atoms with Gasteiger partial charge in [-0.1, -0.05) is 37.5 Å². The molecule has 0 radical (unpaired) electrons. The third kappa shape index (κ3) is 10.8. The van der Waals surface area contributed by atoms with E-state index in [2.05, 4.69) is 4.74 Å². The van der Waals surface area contributed by atoms with Gasteiger partial charge >= 0.3 is 17.9 Å². The fourth-order valence-electron chi connectivity index (χ4n) is 4.69. The standard InChI is InChI=1S/C27H38O7S/c1-19(28)33-21(18-35-22-11-7-6-8-12-22)15-16-23-24(26(17-25(23)30)34-20(2)29)13-9-4-5-10-14-27(31)32-3/h6-8,11-12,21,23-24,26H,4-5,9-10,13-18H2,1-3H3/t21?,23-,24-,26+/m1/s1. The van der Waals surface area contributed by atoms with E-state index in [0.29, 0.717) is 25.0 Å². The number of unbranched alkanes of at least 4 members (excludes halogenated alkanes) is 3. The van der Waals surface area contributed by atoms with Gasteiger partial charge in [-0.15, -0.1) is 11.8 Å². The highest BCUT2D eigenvalue weighted by atomic mass is 32.2. The lowest BCUT2D eigenvalue weighted by molar-refractivity contribution is -0.149. The van der Waals surface area contributed by atoms with E-state index in [1.54, 1.807) is 11.8 Å². The highest BCUT2D eigenvalue weighted by Crippen LogP contribution is 2.39. The second-order valence-electron chi connectivity index (χ2n) is 9.05. The van der Waals surface area contributed by atoms with Gasteiger partial charge in [0.1, 0.15) is 18.0 Å². The Kier molecular flexibility index (Phi) is 12.9. The summed E-state index contributed by atoms with van der Waals surface area (Å²) in [5.74, 6) is -0.423. The third-order valence-corrected chi connectivity index (χ3v) is 7.48. The van der Waals surface area contributed by atoms with Gasteiger partial charge in [0, 0.05) is 49.2 Å². The number of carbonyl (C=O) groups excluding carboxylic acids is 4. The maximum Gasteiger partial charge on any atom is 0.305 e. The number of ether oxygens (including phenoxy) is 3. The van der Waals surface area contributed by atoms with Crippen LogP contribution in [0.1, 0.15) is 71.6 Å². The molecule has 1 aliphatic rings. The first-order valence-electron chi connectivity index (χ1n) is 12.4. The summed E-state index contributed by atoms with van der Waals surface area (Å²) in [7, 11) is 1.39. The zero-order valence-corrected chi connectivity index (χ0v) is 21.8. The molecule has 0 spiro atoms. The van der Waals surface area contributed by atoms with Crippen molar-refractivity contribution in [3.05, 3.63) is 30.3 Å². The molecule has 2 rings (SSSR count). The van der Waals surface area contributed by atoms with E-state index in [0.717, 1.165) is 37.0 Å². The molecule has 1 saturated carbocycles. The highest BCUT2D eigenvalue weighted by molar-refractivity contribution is 7.99. The van der Waals surface area contributed by atoms with E-state index in [9.17, 15) is 19.2 Å². The zero-order chi connectivity index (χ0) is 25.6. The monoisotopic (exact) mass is 506 g/mol. The van der Waals surface area contributed by atoms with E-state index < -0.39 is 6.10 Å². The summed E-state index contributed by atoms with van der Waals surface area (Å²) in [4.78, 5) is 48.5. The molecule has 1 unspecified atom stereocenters. The van der Waals surface area contributed by atoms with Crippen LogP contribution in [0.5, 0.6) is 0 Å². The average Bonchev–Trinajstić information content (AvgIpc) is 3.11. The Labute approximate surface area is 212 Å². The first-order chi connectivity index (χ1) is 16.8. The van der Waals surface area contributed by atoms with Gasteiger partial charge in [-0.05, 0) is 37.8 Å². The van der Waals surface area contributed by atoms with Crippen molar-refractivity contribution < 1.29 is 33.4 Å². The minimum absolute atomic E-state index is 0.0354. The molecular weight excluding hydrogens is 468 g/mol. The summed E-state index contributed by atoms with van der Waals surface area (Å²) in [5.41, 5.74) is 0. The number of Topliss-reactive ketones (excluding diaryl/α,β-unsaturated/α-hetero) is 1. The van der Waals surface area contributed by atoms with Gasteiger partial charge < -0.3 is 14.2 Å². The molecular formula is C27H38O7S. The number of esters is 3. The van der Waals surface area contributed by atoms with Crippen LogP contribution in [0.15, 0.2) is 35.2 Å². The maximum absolute atomic E-state index is 12.9. The van der Waals surface area contributed by atoms with Crippen LogP contribution in [-0.2, 0) is 33.4 Å². The number of rotatable bonds is 15. The van der Waals surface area contributed by atoms with Crippen LogP contribution in [0, 0.1) is 11.8 Å². The zero-order valence-electron chi connectivity index (χ0n) is 21.0. The average molecular weight is 507 g/mol. The second kappa shape index (κ2) is 15.6. The minimum atomic E-state index is -0.397. The predicted octanol–water partition coefficient (Wildman–Crippen LogP) is 5.14. The fraction of sp³-hybridized carbons (Fsp3) is 0.630. The number of methoxy groups -OCH3 is 1. The van der Waals surface area contributed by atoms with Gasteiger partial charge in [0.15, 0.2) is 0 Å². The quantitative estimate of drug-likeness (QED) is 0.140. The summed E-state index contributed by atoms with van der Waals surface area (Å²) in [6, 6.07) is 9.92. The van der Waals surface area contributed by atoms with E-state index in [1.807, 2.05) is 30.3 Å². The number of thioether (sulfide) groups is 1. The molecule has 1 aromatic rings. The van der Waals surface area contributed by atoms with Crippen molar-refractivity contribution in [2.75, 3.05) is 12.9 Å². The summed E-state index contributed by atoms with van der Waals surface area (Å²) >= 11 is 1.62. The minimum Gasteiger partial charge on any atom is -0.469 e. The number of benzene rings is 1. The summed E-state index contributed by atoms with van der Waals surface area (Å²) in [5, 5.41) is 0. The van der Waals surface area contributed by atoms with Gasteiger partial charge in [-0.3, -0.25) is 19.2 Å². The van der Waals surface area contributed by atoms with E-state index in [-0.39, 0.29) is 48.1 Å². The molecule has 0 aromatic heterocycles. The van der Waals surface area contributed by atoms with Crippen molar-refractivity contribution in [1.29, 1.82) is 0 Å². The molecule has 0 N–H and O–H groups in total. The molecule has 1 fully saturated rings. The molecule has 0 heterocycles. The fourth-order valence-corrected chi connectivity index (χ4v) is 5.65. The lowest BCUT2D eigenvalue weighted by Crippen LogP contribution is -2.27. The van der Waals surface area contributed by atoms with Gasteiger partial charge in [-0.25, -0.2) is 0 Å². The molecule has 0 saturated heterocycles. The van der Waals surface area contributed by atoms with E-state index in [4.69, 9.17) is 9.47 Å². The summed E-state index contributed by atoms with van der Waals surface area (Å²) < 4.78 is 15.7. The van der Waals surface area contributed by atoms with E-state index in [1.165, 1.54) is 21.0 Å². The number of hydrogen-bond donors (Lipinski definition) is 0. The molecule has 0 amide bonds. The Bertz CT molecular complexity index is 826. The Balaban J connectivity index is 1.93. The molecule has 194 valence electrons. The Morgan fingerprint density at radius 2 is 1.71 bits per heavy atom. The Hall–Kier alpha value is -2.35. The predicted molar refractivity (Wildman–Crippen MR) is 134 cm³/mol. The molecule has 4 atom stereocenters. The van der Waals surface area contributed by atoms with Crippen LogP contribution < -0.4 is 0 Å². The van der Waals surface area contributed by atoms with Crippen molar-refractivity contribution in [3.63, 3.8) is 0 Å². The summed E-state index contributed by atoms with van der Waals surface area (Å²) in [6.45, 7) is 2.78. The topological polar surface area (TPSA) is 96.0 Å². The molecule has 1 aliphatic carbocycles. The number of hydrogen-bond acceptors (Lipinski definition) is 8. The second-order valence-corrected chi connectivity index (χ2v) is 10.1. The van der Waals surface area contributed by atoms with Gasteiger partial charge in [0.05, 0.1) is 7.11 Å². The lowest BCUT2D eigenvalue weighted by atomic mass is 9.85. The largest absolute Gasteiger partial charge is 0.469 e. The number of ketones is 1. The van der Waals surface area contributed by atoms with Crippen molar-refractivity contribution in [2.24, 2.45) is 11.8 Å². The first-order valence-corrected chi connectivity index (χ1v) is 13.4. The van der Waals surface area contributed by atoms with Crippen molar-refractivity contribution >= 4 is 35.5 Å². The van der Waals surface area contributed by atoms with Gasteiger partial charge in [-0.2, -0.15) is 0 Å². The SMILES string of the molecule is COC(=O)CCCCCC[C@H]1[C@@H](OC(C)=O)CC(=O)[C@@H]1CCC(CSc1ccccc1)OC(C)=O. The maximum atomic E-state index is 12.9. The van der Waals surface area contributed by atoms with Crippen LogP contribution in [0.3, 0.4) is 0 Å². The van der Waals surface area contributed by atoms with Crippen LogP contribution in [0.2, 0.25) is 0 Å². The molecule has 1 aromatic carbocycles. The Morgan fingerprint density at radius 1 is 1.00 bits per heavy atom. The lowest BCUT2D eigenvalue weighted by Gasteiger charge is -2.25. The van der Waals surface area contributed by atoms with Crippen molar-refractivity contribution in [1.82, 2.24) is 0 Å². The van der Waals surface area contributed by atoms with Crippen LogP contribution in [0.25, 0.3) is 0 Å². The third-order valence-electron chi connectivity index (χ3n) is 6.34. The Morgan fingerprint density at radius 3 is 2.37 bits per heavy atom. The molecule has 7 nitrogen and oxygen atoms in total. The van der Waals surface area contributed by atoms with Crippen LogP contribution in [0.4, 0.5) is 0 Å².